The second-order valence-electron chi connectivity index (χ2n) is 7.07. The van der Waals surface area contributed by atoms with Gasteiger partial charge >= 0.3 is 0 Å². The molecule has 29 heavy (non-hydrogen) atoms. The van der Waals surface area contributed by atoms with Crippen molar-refractivity contribution in [2.45, 2.75) is 12.6 Å². The fourth-order valence-corrected chi connectivity index (χ4v) is 4.36. The third-order valence-electron chi connectivity index (χ3n) is 5.40. The lowest BCUT2D eigenvalue weighted by molar-refractivity contribution is -0.119. The van der Waals surface area contributed by atoms with Crippen LogP contribution in [0.15, 0.2) is 60.7 Å². The van der Waals surface area contributed by atoms with Crippen molar-refractivity contribution < 1.29 is 9.59 Å². The van der Waals surface area contributed by atoms with Crippen LogP contribution in [0.3, 0.4) is 0 Å². The van der Waals surface area contributed by atoms with Gasteiger partial charge < -0.3 is 10.6 Å². The molecule has 2 N–H and O–H groups in total. The van der Waals surface area contributed by atoms with Crippen molar-refractivity contribution in [3.8, 4) is 0 Å². The molecule has 3 aromatic rings. The van der Waals surface area contributed by atoms with Crippen LogP contribution in [0.2, 0.25) is 10.0 Å². The Morgan fingerprint density at radius 2 is 1.72 bits per heavy atom. The van der Waals surface area contributed by atoms with E-state index in [1.807, 2.05) is 19.1 Å². The number of amides is 2. The molecular weight excluding hydrogens is 409 g/mol. The zero-order valence-electron chi connectivity index (χ0n) is 15.3. The number of para-hydroxylation sites is 2. The van der Waals surface area contributed by atoms with E-state index in [0.717, 1.165) is 5.56 Å². The Kier molecular flexibility index (Phi) is 3.88. The molecule has 2 aliphatic heterocycles. The number of nitrogens with zero attached hydrogens (tertiary/aromatic N) is 1. The molecule has 0 aromatic heterocycles. The van der Waals surface area contributed by atoms with Crippen molar-refractivity contribution in [3.05, 3.63) is 87.4 Å². The summed E-state index contributed by atoms with van der Waals surface area (Å²) in [5.74, 6) is -0.692. The zero-order chi connectivity index (χ0) is 20.3. The number of halogens is 2. The summed E-state index contributed by atoms with van der Waals surface area (Å²) in [5.41, 5.74) is 2.02. The van der Waals surface area contributed by atoms with E-state index < -0.39 is 5.66 Å². The van der Waals surface area contributed by atoms with Gasteiger partial charge in [0.15, 0.2) is 0 Å². The molecule has 5 nitrogen and oxygen atoms in total. The third-order valence-corrected chi connectivity index (χ3v) is 6.12. The Hall–Kier alpha value is -3.02. The van der Waals surface area contributed by atoms with E-state index in [1.54, 1.807) is 48.5 Å². The molecule has 2 amide bonds. The summed E-state index contributed by atoms with van der Waals surface area (Å²) in [4.78, 5) is 28.5. The van der Waals surface area contributed by atoms with Gasteiger partial charge in [0.1, 0.15) is 0 Å². The van der Waals surface area contributed by atoms with Gasteiger partial charge in [-0.2, -0.15) is 0 Å². The maximum Gasteiger partial charge on any atom is 0.276 e. The van der Waals surface area contributed by atoms with Crippen molar-refractivity contribution in [1.82, 2.24) is 0 Å². The third kappa shape index (κ3) is 2.41. The molecular formula is C22H15Cl2N3O2. The Balaban J connectivity index is 1.83. The maximum atomic E-state index is 13.6. The SMILES string of the molecule is Cc1ccc(N2C(=O)c3ccccc3N[C@@]23C(=O)Nc2c(Cl)cccc23)cc1Cl. The lowest BCUT2D eigenvalue weighted by Gasteiger charge is -2.44. The lowest BCUT2D eigenvalue weighted by Crippen LogP contribution is -2.61. The highest BCUT2D eigenvalue weighted by Gasteiger charge is 2.57. The van der Waals surface area contributed by atoms with Gasteiger partial charge in [-0.15, -0.1) is 0 Å². The normalized spacial score (nSPS) is 19.6. The van der Waals surface area contributed by atoms with Crippen molar-refractivity contribution in [1.29, 1.82) is 0 Å². The first-order valence-corrected chi connectivity index (χ1v) is 9.77. The largest absolute Gasteiger partial charge is 0.350 e. The molecule has 0 saturated carbocycles. The Labute approximate surface area is 177 Å². The van der Waals surface area contributed by atoms with Gasteiger partial charge in [0, 0.05) is 22.0 Å². The average Bonchev–Trinajstić information content (AvgIpc) is 2.98. The molecule has 0 aliphatic carbocycles. The average molecular weight is 424 g/mol. The predicted octanol–water partition coefficient (Wildman–Crippen LogP) is 5.18. The van der Waals surface area contributed by atoms with Crippen LogP contribution in [0.4, 0.5) is 17.1 Å². The van der Waals surface area contributed by atoms with Gasteiger partial charge in [-0.05, 0) is 42.8 Å². The summed E-state index contributed by atoms with van der Waals surface area (Å²) < 4.78 is 0. The maximum absolute atomic E-state index is 13.6. The molecule has 0 radical (unpaired) electrons. The molecule has 2 heterocycles. The highest BCUT2D eigenvalue weighted by molar-refractivity contribution is 6.35. The molecule has 1 atom stereocenters. The van der Waals surface area contributed by atoms with Gasteiger partial charge in [0.25, 0.3) is 11.8 Å². The zero-order valence-corrected chi connectivity index (χ0v) is 16.8. The van der Waals surface area contributed by atoms with E-state index in [-0.39, 0.29) is 11.8 Å². The Morgan fingerprint density at radius 1 is 0.931 bits per heavy atom. The first-order chi connectivity index (χ1) is 13.9. The first-order valence-electron chi connectivity index (χ1n) is 9.02. The fraction of sp³-hybridized carbons (Fsp3) is 0.0909. The summed E-state index contributed by atoms with van der Waals surface area (Å²) in [7, 11) is 0. The van der Waals surface area contributed by atoms with Crippen molar-refractivity contribution >= 4 is 52.1 Å². The summed E-state index contributed by atoms with van der Waals surface area (Å²) in [5, 5.41) is 7.07. The van der Waals surface area contributed by atoms with E-state index in [1.165, 1.54) is 4.90 Å². The molecule has 5 rings (SSSR count). The van der Waals surface area contributed by atoms with E-state index >= 15 is 0 Å². The molecule has 7 heteroatoms. The topological polar surface area (TPSA) is 61.4 Å². The van der Waals surface area contributed by atoms with Crippen LogP contribution in [0, 0.1) is 6.92 Å². The number of fused-ring (bicyclic) bond motifs is 3. The smallest absolute Gasteiger partial charge is 0.276 e. The highest BCUT2D eigenvalue weighted by Crippen LogP contribution is 2.49. The highest BCUT2D eigenvalue weighted by atomic mass is 35.5. The molecule has 2 aliphatic rings. The van der Waals surface area contributed by atoms with Gasteiger partial charge in [0.05, 0.1) is 16.3 Å². The molecule has 3 aromatic carbocycles. The number of aryl methyl sites for hydroxylation is 1. The van der Waals surface area contributed by atoms with Crippen LogP contribution in [0.5, 0.6) is 0 Å². The number of carbonyl (C=O) groups excluding carboxylic acids is 2. The number of nitrogens with one attached hydrogen (secondary N) is 2. The minimum absolute atomic E-state index is 0.303. The van der Waals surface area contributed by atoms with Gasteiger partial charge in [-0.3, -0.25) is 14.5 Å². The van der Waals surface area contributed by atoms with Crippen LogP contribution >= 0.6 is 23.2 Å². The van der Waals surface area contributed by atoms with Gasteiger partial charge in [-0.25, -0.2) is 0 Å². The number of hydrogen-bond acceptors (Lipinski definition) is 3. The van der Waals surface area contributed by atoms with E-state index in [9.17, 15) is 9.59 Å². The van der Waals surface area contributed by atoms with Crippen molar-refractivity contribution in [2.75, 3.05) is 15.5 Å². The lowest BCUT2D eigenvalue weighted by atomic mass is 9.92. The molecule has 0 fully saturated rings. The monoisotopic (exact) mass is 423 g/mol. The van der Waals surface area contributed by atoms with E-state index in [0.29, 0.717) is 38.2 Å². The second kappa shape index (κ2) is 6.24. The standard InChI is InChI=1S/C22H15Cl2N3O2/c1-12-9-10-13(11-17(12)24)27-20(28)14-5-2-3-8-18(14)26-22(27)15-6-4-7-16(23)19(15)25-21(22)29/h2-11,26H,1H3,(H,25,29)/t22-/m1/s1. The summed E-state index contributed by atoms with van der Waals surface area (Å²) >= 11 is 12.7. The minimum Gasteiger partial charge on any atom is -0.350 e. The quantitative estimate of drug-likeness (QED) is 0.566. The molecule has 0 unspecified atom stereocenters. The van der Waals surface area contributed by atoms with Crippen LogP contribution in [0.1, 0.15) is 21.5 Å². The summed E-state index contributed by atoms with van der Waals surface area (Å²) in [6.45, 7) is 1.88. The molecule has 144 valence electrons. The number of hydrogen-bond donors (Lipinski definition) is 2. The van der Waals surface area contributed by atoms with Crippen LogP contribution in [-0.4, -0.2) is 11.8 Å². The van der Waals surface area contributed by atoms with E-state index in [4.69, 9.17) is 23.2 Å². The number of carbonyl (C=O) groups is 2. The molecule has 0 bridgehead atoms. The molecule has 1 spiro atoms. The number of benzene rings is 3. The van der Waals surface area contributed by atoms with Gasteiger partial charge in [-0.1, -0.05) is 53.5 Å². The van der Waals surface area contributed by atoms with Gasteiger partial charge in [0.2, 0.25) is 5.66 Å². The van der Waals surface area contributed by atoms with Crippen molar-refractivity contribution in [3.63, 3.8) is 0 Å². The number of anilines is 3. The van der Waals surface area contributed by atoms with Crippen LogP contribution in [0.25, 0.3) is 0 Å². The number of rotatable bonds is 1. The fourth-order valence-electron chi connectivity index (χ4n) is 3.96. The Morgan fingerprint density at radius 3 is 2.52 bits per heavy atom. The first kappa shape index (κ1) is 18.0. The summed E-state index contributed by atoms with van der Waals surface area (Å²) in [6, 6.07) is 17.7. The second-order valence-corrected chi connectivity index (χ2v) is 7.89. The Bertz CT molecular complexity index is 1210. The predicted molar refractivity (Wildman–Crippen MR) is 115 cm³/mol. The summed E-state index contributed by atoms with van der Waals surface area (Å²) in [6.07, 6.45) is 0. The molecule has 0 saturated heterocycles. The van der Waals surface area contributed by atoms with Crippen LogP contribution < -0.4 is 15.5 Å². The van der Waals surface area contributed by atoms with Crippen LogP contribution in [-0.2, 0) is 10.5 Å². The van der Waals surface area contributed by atoms with E-state index in [2.05, 4.69) is 10.6 Å². The minimum atomic E-state index is -1.48. The van der Waals surface area contributed by atoms with Crippen molar-refractivity contribution in [2.24, 2.45) is 0 Å².